The summed E-state index contributed by atoms with van der Waals surface area (Å²) in [5.74, 6) is 0.793. The Hall–Kier alpha value is -0.900. The smallest absolute Gasteiger partial charge is 0.247 e. The van der Waals surface area contributed by atoms with Gasteiger partial charge in [-0.15, -0.1) is 0 Å². The van der Waals surface area contributed by atoms with Gasteiger partial charge in [-0.1, -0.05) is 0 Å². The Bertz CT molecular complexity index is 308. The predicted octanol–water partition coefficient (Wildman–Crippen LogP) is 0.276. The maximum Gasteiger partial charge on any atom is 0.247 e. The molecule has 0 aromatic rings. The summed E-state index contributed by atoms with van der Waals surface area (Å²) in [6.07, 6.45) is 4.93. The van der Waals surface area contributed by atoms with E-state index in [1.807, 2.05) is 0 Å². The highest BCUT2D eigenvalue weighted by Gasteiger charge is 2.46. The van der Waals surface area contributed by atoms with Crippen LogP contribution in [-0.2, 0) is 9.59 Å². The molecule has 1 atom stereocenters. The number of hydrogen-bond donors (Lipinski definition) is 1. The van der Waals surface area contributed by atoms with E-state index in [9.17, 15) is 9.59 Å². The monoisotopic (exact) mass is 208 g/mol. The van der Waals surface area contributed by atoms with Crippen LogP contribution >= 0.6 is 0 Å². The minimum atomic E-state index is -0.223. The molecule has 4 heteroatoms. The molecule has 0 aromatic carbocycles. The van der Waals surface area contributed by atoms with Crippen LogP contribution in [-0.4, -0.2) is 35.3 Å². The van der Waals surface area contributed by atoms with Crippen LogP contribution in [0.25, 0.3) is 0 Å². The van der Waals surface area contributed by atoms with Crippen molar-refractivity contribution in [3.05, 3.63) is 0 Å². The first-order chi connectivity index (χ1) is 7.25. The summed E-state index contributed by atoms with van der Waals surface area (Å²) < 4.78 is 0. The Kier molecular flexibility index (Phi) is 2.06. The Morgan fingerprint density at radius 2 is 1.93 bits per heavy atom. The predicted molar refractivity (Wildman–Crippen MR) is 54.0 cm³/mol. The Labute approximate surface area is 89.0 Å². The first-order valence-electron chi connectivity index (χ1n) is 5.85. The van der Waals surface area contributed by atoms with Crippen molar-refractivity contribution >= 4 is 11.8 Å². The number of nitrogens with one attached hydrogen (secondary N) is 1. The largest absolute Gasteiger partial charge is 0.305 e. The van der Waals surface area contributed by atoms with E-state index in [4.69, 9.17) is 0 Å². The fourth-order valence-electron chi connectivity index (χ4n) is 2.16. The van der Waals surface area contributed by atoms with Gasteiger partial charge in [0.25, 0.3) is 0 Å². The zero-order chi connectivity index (χ0) is 10.4. The molecule has 1 saturated heterocycles. The molecule has 0 bridgehead atoms. The van der Waals surface area contributed by atoms with Gasteiger partial charge in [-0.25, -0.2) is 0 Å². The van der Waals surface area contributed by atoms with Gasteiger partial charge in [-0.3, -0.25) is 14.5 Å². The number of likely N-dealkylation sites (tertiary alicyclic amines) is 1. The van der Waals surface area contributed by atoms with Crippen LogP contribution in [0.2, 0.25) is 0 Å². The van der Waals surface area contributed by atoms with Crippen molar-refractivity contribution in [3.8, 4) is 0 Å². The molecule has 3 fully saturated rings. The van der Waals surface area contributed by atoms with E-state index >= 15 is 0 Å². The number of imide groups is 1. The van der Waals surface area contributed by atoms with Crippen LogP contribution in [0.5, 0.6) is 0 Å². The number of carbonyl (C=O) groups excluding carboxylic acids is 2. The van der Waals surface area contributed by atoms with Crippen LogP contribution in [0.3, 0.4) is 0 Å². The second-order valence-corrected chi connectivity index (χ2v) is 4.94. The summed E-state index contributed by atoms with van der Waals surface area (Å²) in [4.78, 5) is 25.0. The maximum absolute atomic E-state index is 11.9. The third-order valence-electron chi connectivity index (χ3n) is 3.44. The van der Waals surface area contributed by atoms with E-state index in [1.54, 1.807) is 0 Å². The van der Waals surface area contributed by atoms with Crippen molar-refractivity contribution in [2.45, 2.75) is 44.2 Å². The van der Waals surface area contributed by atoms with Gasteiger partial charge in [0, 0.05) is 6.04 Å². The van der Waals surface area contributed by atoms with Gasteiger partial charge in [0.2, 0.25) is 11.8 Å². The van der Waals surface area contributed by atoms with Crippen LogP contribution in [0.1, 0.15) is 32.1 Å². The molecule has 3 rings (SSSR count). The summed E-state index contributed by atoms with van der Waals surface area (Å²) in [5.41, 5.74) is 0. The highest BCUT2D eigenvalue weighted by molar-refractivity contribution is 6.06. The second-order valence-electron chi connectivity index (χ2n) is 4.94. The lowest BCUT2D eigenvalue weighted by Crippen LogP contribution is -2.40. The normalized spacial score (nSPS) is 31.5. The van der Waals surface area contributed by atoms with Crippen LogP contribution in [0.15, 0.2) is 0 Å². The number of rotatable bonds is 4. The Morgan fingerprint density at radius 1 is 1.20 bits per heavy atom. The van der Waals surface area contributed by atoms with Crippen molar-refractivity contribution in [2.75, 3.05) is 6.54 Å². The summed E-state index contributed by atoms with van der Waals surface area (Å²) in [5, 5.41) is 3.22. The Balaban J connectivity index is 1.59. The lowest BCUT2D eigenvalue weighted by Gasteiger charge is -2.14. The highest BCUT2D eigenvalue weighted by atomic mass is 16.2. The zero-order valence-corrected chi connectivity index (χ0v) is 8.74. The van der Waals surface area contributed by atoms with E-state index in [-0.39, 0.29) is 23.9 Å². The first kappa shape index (κ1) is 9.33. The molecule has 2 amide bonds. The molecule has 3 aliphatic rings. The average molecular weight is 208 g/mol. The summed E-state index contributed by atoms with van der Waals surface area (Å²) in [7, 11) is 0. The molecule has 82 valence electrons. The standard InChI is InChI=1S/C11H16N2O2/c14-10-5-9(12-6-7-1-2-7)11(15)13(10)8-3-4-8/h7-9,12H,1-6H2. The van der Waals surface area contributed by atoms with E-state index in [0.29, 0.717) is 6.42 Å². The fraction of sp³-hybridized carbons (Fsp3) is 0.818. The molecule has 2 saturated carbocycles. The van der Waals surface area contributed by atoms with Gasteiger partial charge >= 0.3 is 0 Å². The van der Waals surface area contributed by atoms with Gasteiger partial charge in [0.1, 0.15) is 0 Å². The first-order valence-corrected chi connectivity index (χ1v) is 5.85. The van der Waals surface area contributed by atoms with Crippen molar-refractivity contribution in [1.29, 1.82) is 0 Å². The van der Waals surface area contributed by atoms with E-state index in [0.717, 1.165) is 25.3 Å². The molecule has 1 heterocycles. The molecule has 1 unspecified atom stereocenters. The molecule has 1 N–H and O–H groups in total. The number of carbonyl (C=O) groups is 2. The molecule has 2 aliphatic carbocycles. The minimum absolute atomic E-state index is 0.0168. The molecule has 4 nitrogen and oxygen atoms in total. The highest BCUT2D eigenvalue weighted by Crippen LogP contribution is 2.32. The van der Waals surface area contributed by atoms with Crippen LogP contribution in [0, 0.1) is 5.92 Å². The van der Waals surface area contributed by atoms with Gasteiger partial charge in [0.05, 0.1) is 12.5 Å². The van der Waals surface area contributed by atoms with Gasteiger partial charge in [-0.2, -0.15) is 0 Å². The molecule has 1 aliphatic heterocycles. The van der Waals surface area contributed by atoms with Crippen molar-refractivity contribution in [2.24, 2.45) is 5.92 Å². The summed E-state index contributed by atoms with van der Waals surface area (Å²) in [6, 6.07) is 0.0106. The topological polar surface area (TPSA) is 49.4 Å². The van der Waals surface area contributed by atoms with Gasteiger partial charge in [-0.05, 0) is 38.1 Å². The molecule has 0 aromatic heterocycles. The lowest BCUT2D eigenvalue weighted by atomic mass is 10.2. The van der Waals surface area contributed by atoms with Crippen molar-refractivity contribution in [3.63, 3.8) is 0 Å². The van der Waals surface area contributed by atoms with Crippen molar-refractivity contribution in [1.82, 2.24) is 10.2 Å². The zero-order valence-electron chi connectivity index (χ0n) is 8.74. The van der Waals surface area contributed by atoms with E-state index in [2.05, 4.69) is 5.32 Å². The number of hydrogen-bond acceptors (Lipinski definition) is 3. The van der Waals surface area contributed by atoms with Gasteiger partial charge in [0.15, 0.2) is 0 Å². The number of amides is 2. The molecule has 0 spiro atoms. The maximum atomic E-state index is 11.9. The third kappa shape index (κ3) is 1.78. The van der Waals surface area contributed by atoms with Crippen LogP contribution in [0.4, 0.5) is 0 Å². The quantitative estimate of drug-likeness (QED) is 0.675. The van der Waals surface area contributed by atoms with E-state index < -0.39 is 0 Å². The molecular formula is C11H16N2O2. The second kappa shape index (κ2) is 3.30. The Morgan fingerprint density at radius 3 is 2.53 bits per heavy atom. The van der Waals surface area contributed by atoms with Gasteiger partial charge < -0.3 is 5.32 Å². The fourth-order valence-corrected chi connectivity index (χ4v) is 2.16. The van der Waals surface area contributed by atoms with Crippen LogP contribution < -0.4 is 5.32 Å². The molecule has 0 radical (unpaired) electrons. The molecule has 15 heavy (non-hydrogen) atoms. The minimum Gasteiger partial charge on any atom is -0.305 e. The lowest BCUT2D eigenvalue weighted by molar-refractivity contribution is -0.139. The number of nitrogens with zero attached hydrogens (tertiary/aromatic N) is 1. The average Bonchev–Trinajstić information content (AvgIpc) is 3.06. The van der Waals surface area contributed by atoms with Crippen molar-refractivity contribution < 1.29 is 9.59 Å². The third-order valence-corrected chi connectivity index (χ3v) is 3.44. The van der Waals surface area contributed by atoms with E-state index in [1.165, 1.54) is 17.7 Å². The summed E-state index contributed by atoms with van der Waals surface area (Å²) >= 11 is 0. The molecular weight excluding hydrogens is 192 g/mol. The SMILES string of the molecule is O=C1CC(NCC2CC2)C(=O)N1C1CC1. The summed E-state index contributed by atoms with van der Waals surface area (Å²) in [6.45, 7) is 0.905.